The molecule has 1 N–H and O–H groups in total. The number of aliphatic imine (C=N–C) groups is 1. The predicted molar refractivity (Wildman–Crippen MR) is 148 cm³/mol. The van der Waals surface area contributed by atoms with Gasteiger partial charge in [0.2, 0.25) is 10.0 Å². The molecule has 6 rings (SSSR count). The van der Waals surface area contributed by atoms with Crippen LogP contribution in [0.4, 0.5) is 13.2 Å². The number of amidine groups is 1. The van der Waals surface area contributed by atoms with E-state index in [4.69, 9.17) is 11.6 Å². The molecule has 1 atom stereocenters. The van der Waals surface area contributed by atoms with Crippen molar-refractivity contribution in [2.75, 3.05) is 0 Å². The van der Waals surface area contributed by atoms with E-state index in [1.807, 2.05) is 6.07 Å². The van der Waals surface area contributed by atoms with Crippen molar-refractivity contribution in [2.45, 2.75) is 87.1 Å². The van der Waals surface area contributed by atoms with Crippen molar-refractivity contribution in [1.82, 2.24) is 9.62 Å². The number of rotatable bonds is 10. The third-order valence-corrected chi connectivity index (χ3v) is 10.7. The molecule has 41 heavy (non-hydrogen) atoms. The van der Waals surface area contributed by atoms with Gasteiger partial charge < -0.3 is 5.32 Å². The lowest BCUT2D eigenvalue weighted by atomic mass is 9.38. The summed E-state index contributed by atoms with van der Waals surface area (Å²) in [4.78, 5) is 17.5. The van der Waals surface area contributed by atoms with Gasteiger partial charge in [-0.05, 0) is 69.4 Å². The molecular formula is C29H30ClF3N4O3S. The third kappa shape index (κ3) is 5.38. The number of carbonyl (C=O) groups is 1. The second-order valence-corrected chi connectivity index (χ2v) is 14.2. The molecule has 12 heteroatoms. The molecule has 0 saturated heterocycles. The van der Waals surface area contributed by atoms with Crippen LogP contribution < -0.4 is 5.32 Å². The van der Waals surface area contributed by atoms with Crippen molar-refractivity contribution in [3.63, 3.8) is 0 Å². The maximum absolute atomic E-state index is 14.1. The minimum absolute atomic E-state index is 0.0581. The number of alkyl halides is 3. The van der Waals surface area contributed by atoms with Gasteiger partial charge in [0.1, 0.15) is 17.9 Å². The highest BCUT2D eigenvalue weighted by molar-refractivity contribution is 7.89. The lowest BCUT2D eigenvalue weighted by molar-refractivity contribution is -0.151. The molecule has 2 aromatic carbocycles. The van der Waals surface area contributed by atoms with Crippen LogP contribution in [0.3, 0.4) is 0 Å². The molecule has 2 bridgehead atoms. The number of carbonyl (C=O) groups excluding carboxylic acids is 1. The number of benzene rings is 2. The van der Waals surface area contributed by atoms with Crippen LogP contribution in [0.1, 0.15) is 63.5 Å². The highest BCUT2D eigenvalue weighted by Gasteiger charge is 2.75. The second kappa shape index (κ2) is 10.1. The summed E-state index contributed by atoms with van der Waals surface area (Å²) in [7, 11) is -4.08. The summed E-state index contributed by atoms with van der Waals surface area (Å²) in [6.07, 6.45) is -4.42. The second-order valence-electron chi connectivity index (χ2n) is 11.9. The Morgan fingerprint density at radius 3 is 2.39 bits per heavy atom. The first-order valence-electron chi connectivity index (χ1n) is 13.3. The Kier molecular flexibility index (Phi) is 7.28. The van der Waals surface area contributed by atoms with Gasteiger partial charge in [-0.1, -0.05) is 35.9 Å². The van der Waals surface area contributed by atoms with Crippen LogP contribution in [0.25, 0.3) is 0 Å². The van der Waals surface area contributed by atoms with Crippen LogP contribution >= 0.6 is 11.6 Å². The first-order chi connectivity index (χ1) is 19.1. The summed E-state index contributed by atoms with van der Waals surface area (Å²) in [5.74, 6) is 0.267. The summed E-state index contributed by atoms with van der Waals surface area (Å²) >= 11 is 6.04. The van der Waals surface area contributed by atoms with Crippen molar-refractivity contribution >= 4 is 33.2 Å². The molecule has 0 amide bonds. The SMILES string of the molecule is CC1(C)NC(C23CC(N(Cc4ccc(Cl)cc4)S(=O)(=O)c4ccccc4C#N)(C2)C3)=N[C@H]1C(=O)CCCC(F)(F)F. The number of Topliss-reactive ketones (excluding diaryl/α,β-unsaturated/α-hetero) is 1. The largest absolute Gasteiger partial charge is 0.389 e. The minimum atomic E-state index is -4.32. The summed E-state index contributed by atoms with van der Waals surface area (Å²) in [5.41, 5.74) is -1.11. The molecule has 7 nitrogen and oxygen atoms in total. The number of halogens is 4. The molecular weight excluding hydrogens is 577 g/mol. The van der Waals surface area contributed by atoms with Crippen LogP contribution in [0.15, 0.2) is 58.4 Å². The maximum Gasteiger partial charge on any atom is 0.389 e. The maximum atomic E-state index is 14.1. The van der Waals surface area contributed by atoms with Crippen molar-refractivity contribution in [3.8, 4) is 6.07 Å². The minimum Gasteiger partial charge on any atom is -0.366 e. The van der Waals surface area contributed by atoms with E-state index >= 15 is 0 Å². The predicted octanol–water partition coefficient (Wildman–Crippen LogP) is 5.78. The van der Waals surface area contributed by atoms with E-state index in [1.54, 1.807) is 50.2 Å². The van der Waals surface area contributed by atoms with E-state index in [1.165, 1.54) is 16.4 Å². The van der Waals surface area contributed by atoms with E-state index < -0.39 is 45.2 Å². The Labute approximate surface area is 242 Å². The standard InChI is InChI=1S/C29H30ClF3N4O3S/c1-26(2)24(22(38)7-5-13-29(31,32)33)35-25(36-26)27-16-28(17-27,18-27)37(15-19-9-11-21(30)12-10-19)41(39,40)23-8-4-3-6-20(23)14-34/h3-4,6,8-12,24H,5,7,13,15-18H2,1-2H3,(H,35,36)/t24-,27?,28?/m0/s1. The summed E-state index contributed by atoms with van der Waals surface area (Å²) in [6, 6.07) is 14.2. The van der Waals surface area contributed by atoms with E-state index in [-0.39, 0.29) is 35.6 Å². The van der Waals surface area contributed by atoms with Crippen molar-refractivity contribution < 1.29 is 26.4 Å². The molecule has 0 spiro atoms. The van der Waals surface area contributed by atoms with Gasteiger partial charge in [-0.15, -0.1) is 0 Å². The number of sulfonamides is 1. The van der Waals surface area contributed by atoms with Crippen LogP contribution in [0.2, 0.25) is 5.02 Å². The zero-order valence-corrected chi connectivity index (χ0v) is 24.2. The van der Waals surface area contributed by atoms with Crippen LogP contribution in [-0.4, -0.2) is 47.6 Å². The average Bonchev–Trinajstić information content (AvgIpc) is 3.16. The zero-order valence-electron chi connectivity index (χ0n) is 22.6. The lowest BCUT2D eigenvalue weighted by Gasteiger charge is -2.73. The number of hydrogen-bond donors (Lipinski definition) is 1. The van der Waals surface area contributed by atoms with Gasteiger partial charge in [0, 0.05) is 35.4 Å². The summed E-state index contributed by atoms with van der Waals surface area (Å²) in [5, 5.41) is 13.5. The molecule has 3 aliphatic carbocycles. The van der Waals surface area contributed by atoms with Crippen LogP contribution in [-0.2, 0) is 21.4 Å². The summed E-state index contributed by atoms with van der Waals surface area (Å²) < 4.78 is 67.4. The number of ketones is 1. The van der Waals surface area contributed by atoms with Crippen molar-refractivity contribution in [2.24, 2.45) is 10.4 Å². The number of nitrogens with zero attached hydrogens (tertiary/aromatic N) is 3. The Balaban J connectivity index is 1.39. The van der Waals surface area contributed by atoms with Gasteiger partial charge in [-0.3, -0.25) is 9.79 Å². The van der Waals surface area contributed by atoms with Crippen LogP contribution in [0, 0.1) is 16.7 Å². The quantitative estimate of drug-likeness (QED) is 0.370. The van der Waals surface area contributed by atoms with Crippen molar-refractivity contribution in [3.05, 3.63) is 64.7 Å². The van der Waals surface area contributed by atoms with Crippen LogP contribution in [0.5, 0.6) is 0 Å². The molecule has 1 aliphatic heterocycles. The molecule has 1 heterocycles. The normalized spacial score (nSPS) is 26.4. The zero-order chi connectivity index (χ0) is 29.8. The summed E-state index contributed by atoms with van der Waals surface area (Å²) in [6.45, 7) is 3.68. The van der Waals surface area contributed by atoms with Gasteiger partial charge in [0.25, 0.3) is 0 Å². The van der Waals surface area contributed by atoms with Crippen molar-refractivity contribution in [1.29, 1.82) is 5.26 Å². The van der Waals surface area contributed by atoms with Gasteiger partial charge in [0.15, 0.2) is 5.78 Å². The Hall–Kier alpha value is -2.94. The first kappa shape index (κ1) is 29.5. The number of hydrogen-bond acceptors (Lipinski definition) is 6. The van der Waals surface area contributed by atoms with E-state index in [2.05, 4.69) is 10.3 Å². The molecule has 0 radical (unpaired) electrons. The molecule has 0 unspecified atom stereocenters. The topological polar surface area (TPSA) is 103 Å². The molecule has 0 aromatic heterocycles. The fourth-order valence-corrected chi connectivity index (χ4v) is 8.48. The highest BCUT2D eigenvalue weighted by Crippen LogP contribution is 2.71. The van der Waals surface area contributed by atoms with Gasteiger partial charge in [-0.2, -0.15) is 22.7 Å². The molecule has 3 fully saturated rings. The number of nitrogens with one attached hydrogen (secondary N) is 1. The van der Waals surface area contributed by atoms with E-state index in [0.717, 1.165) is 5.56 Å². The highest BCUT2D eigenvalue weighted by atomic mass is 35.5. The monoisotopic (exact) mass is 606 g/mol. The van der Waals surface area contributed by atoms with Gasteiger partial charge >= 0.3 is 6.18 Å². The Morgan fingerprint density at radius 2 is 1.78 bits per heavy atom. The molecule has 3 saturated carbocycles. The van der Waals surface area contributed by atoms with Gasteiger partial charge in [0.05, 0.1) is 16.0 Å². The fraction of sp³-hybridized carbons (Fsp3) is 0.483. The fourth-order valence-electron chi connectivity index (χ4n) is 6.46. The van der Waals surface area contributed by atoms with Gasteiger partial charge in [-0.25, -0.2) is 8.42 Å². The average molecular weight is 607 g/mol. The van der Waals surface area contributed by atoms with E-state index in [9.17, 15) is 31.6 Å². The lowest BCUT2D eigenvalue weighted by Crippen LogP contribution is -2.78. The Bertz CT molecular complexity index is 1530. The smallest absolute Gasteiger partial charge is 0.366 e. The number of nitriles is 1. The molecule has 4 aliphatic rings. The molecule has 2 aromatic rings. The first-order valence-corrected chi connectivity index (χ1v) is 15.2. The Morgan fingerprint density at radius 1 is 1.15 bits per heavy atom. The molecule has 218 valence electrons. The third-order valence-electron chi connectivity index (χ3n) is 8.42. The van der Waals surface area contributed by atoms with E-state index in [0.29, 0.717) is 30.1 Å².